The Bertz CT molecular complexity index is 926. The van der Waals surface area contributed by atoms with Gasteiger partial charge in [0, 0.05) is 44.4 Å². The van der Waals surface area contributed by atoms with Crippen molar-refractivity contribution in [1.82, 2.24) is 15.0 Å². The molecule has 2 amide bonds. The Morgan fingerprint density at radius 1 is 1.21 bits per heavy atom. The molecular weight excluding hydrogens is 375 g/mol. The molecule has 0 aliphatic carbocycles. The van der Waals surface area contributed by atoms with Crippen LogP contribution in [0.4, 0.5) is 19.0 Å². The van der Waals surface area contributed by atoms with Crippen LogP contribution in [-0.4, -0.2) is 39.6 Å². The summed E-state index contributed by atoms with van der Waals surface area (Å²) in [6.45, 7) is 0. The van der Waals surface area contributed by atoms with Gasteiger partial charge in [0.1, 0.15) is 11.5 Å². The van der Waals surface area contributed by atoms with Crippen LogP contribution in [0.2, 0.25) is 0 Å². The van der Waals surface area contributed by atoms with E-state index in [1.807, 2.05) is 0 Å². The minimum Gasteiger partial charge on any atom is -0.305 e. The predicted molar refractivity (Wildman–Crippen MR) is 94.4 cm³/mol. The van der Waals surface area contributed by atoms with E-state index in [1.165, 1.54) is 13.2 Å². The van der Waals surface area contributed by atoms with Gasteiger partial charge in [-0.2, -0.15) is 18.3 Å². The molecule has 28 heavy (non-hydrogen) atoms. The number of nitrogens with zero attached hydrogens (tertiary/aromatic N) is 4. The first-order valence-electron chi connectivity index (χ1n) is 8.35. The second-order valence-corrected chi connectivity index (χ2v) is 6.18. The number of carbonyl (C=O) groups excluding carboxylic acids is 2. The molecule has 0 bridgehead atoms. The smallest absolute Gasteiger partial charge is 0.305 e. The van der Waals surface area contributed by atoms with Gasteiger partial charge >= 0.3 is 6.18 Å². The number of pyridine rings is 2. The molecule has 0 aromatic carbocycles. The van der Waals surface area contributed by atoms with Gasteiger partial charge in [0.15, 0.2) is 0 Å². The standard InChI is InChI=1S/C18H16F3N5O2/c1-26-16(27)5-3-14(25-26)17(28)24-15-4-2-11(10-23-15)8-13-9-12(6-7-22-13)18(19,20)21/h2,4,6-7,9-10H,3,5,8H2,1H3,(H,23,24,28). The number of rotatable bonds is 4. The van der Waals surface area contributed by atoms with Crippen LogP contribution in [0.1, 0.15) is 29.7 Å². The van der Waals surface area contributed by atoms with Crippen LogP contribution in [0.5, 0.6) is 0 Å². The monoisotopic (exact) mass is 391 g/mol. The summed E-state index contributed by atoms with van der Waals surface area (Å²) in [4.78, 5) is 31.6. The van der Waals surface area contributed by atoms with E-state index in [0.717, 1.165) is 23.3 Å². The van der Waals surface area contributed by atoms with Crippen molar-refractivity contribution in [2.75, 3.05) is 12.4 Å². The molecule has 7 nitrogen and oxygen atoms in total. The fourth-order valence-corrected chi connectivity index (χ4v) is 2.58. The quantitative estimate of drug-likeness (QED) is 0.868. The van der Waals surface area contributed by atoms with Gasteiger partial charge < -0.3 is 5.32 Å². The summed E-state index contributed by atoms with van der Waals surface area (Å²) >= 11 is 0. The molecule has 1 aliphatic heterocycles. The highest BCUT2D eigenvalue weighted by Gasteiger charge is 2.30. The molecule has 1 N–H and O–H groups in total. The predicted octanol–water partition coefficient (Wildman–Crippen LogP) is 2.63. The summed E-state index contributed by atoms with van der Waals surface area (Å²) < 4.78 is 38.3. The van der Waals surface area contributed by atoms with E-state index in [4.69, 9.17) is 0 Å². The third-order valence-corrected chi connectivity index (χ3v) is 4.06. The maximum atomic E-state index is 12.8. The second kappa shape index (κ2) is 7.75. The number of carbonyl (C=O) groups is 2. The number of hydrogen-bond acceptors (Lipinski definition) is 5. The SMILES string of the molecule is CN1N=C(C(=O)Nc2ccc(Cc3cc(C(F)(F)F)ccn3)cn2)CCC1=O. The first-order chi connectivity index (χ1) is 13.2. The summed E-state index contributed by atoms with van der Waals surface area (Å²) in [5, 5.41) is 7.63. The fraction of sp³-hybridized carbons (Fsp3) is 0.278. The molecule has 0 radical (unpaired) electrons. The van der Waals surface area contributed by atoms with Gasteiger partial charge in [-0.15, -0.1) is 0 Å². The minimum absolute atomic E-state index is 0.165. The number of anilines is 1. The van der Waals surface area contributed by atoms with Crippen LogP contribution >= 0.6 is 0 Å². The van der Waals surface area contributed by atoms with Crippen molar-refractivity contribution in [3.8, 4) is 0 Å². The van der Waals surface area contributed by atoms with Crippen LogP contribution in [0.3, 0.4) is 0 Å². The van der Waals surface area contributed by atoms with Crippen LogP contribution in [0.25, 0.3) is 0 Å². The van der Waals surface area contributed by atoms with E-state index in [1.54, 1.807) is 12.1 Å². The maximum Gasteiger partial charge on any atom is 0.416 e. The Kier molecular flexibility index (Phi) is 5.39. The summed E-state index contributed by atoms with van der Waals surface area (Å²) in [7, 11) is 1.48. The van der Waals surface area contributed by atoms with Crippen molar-refractivity contribution in [1.29, 1.82) is 0 Å². The highest BCUT2D eigenvalue weighted by atomic mass is 19.4. The fourth-order valence-electron chi connectivity index (χ4n) is 2.58. The van der Waals surface area contributed by atoms with Crippen molar-refractivity contribution in [3.05, 3.63) is 53.5 Å². The molecule has 3 heterocycles. The number of amides is 2. The van der Waals surface area contributed by atoms with E-state index in [9.17, 15) is 22.8 Å². The van der Waals surface area contributed by atoms with Gasteiger partial charge in [0.05, 0.1) is 5.56 Å². The summed E-state index contributed by atoms with van der Waals surface area (Å²) in [6.07, 6.45) is -1.23. The van der Waals surface area contributed by atoms with Gasteiger partial charge in [-0.25, -0.2) is 9.99 Å². The second-order valence-electron chi connectivity index (χ2n) is 6.18. The summed E-state index contributed by atoms with van der Waals surface area (Å²) in [5.74, 6) is -0.352. The van der Waals surface area contributed by atoms with Crippen molar-refractivity contribution >= 4 is 23.3 Å². The zero-order valence-corrected chi connectivity index (χ0v) is 14.8. The topological polar surface area (TPSA) is 87.6 Å². The zero-order chi connectivity index (χ0) is 20.3. The number of aromatic nitrogens is 2. The lowest BCUT2D eigenvalue weighted by Crippen LogP contribution is -2.34. The van der Waals surface area contributed by atoms with Gasteiger partial charge in [-0.1, -0.05) is 6.07 Å². The molecule has 0 atom stereocenters. The molecular formula is C18H16F3N5O2. The average molecular weight is 391 g/mol. The van der Waals surface area contributed by atoms with Crippen LogP contribution in [0, 0.1) is 0 Å². The number of alkyl halides is 3. The third kappa shape index (κ3) is 4.70. The lowest BCUT2D eigenvalue weighted by atomic mass is 10.1. The van der Waals surface area contributed by atoms with E-state index < -0.39 is 17.6 Å². The normalized spacial score (nSPS) is 14.6. The molecule has 2 aromatic rings. The van der Waals surface area contributed by atoms with Gasteiger partial charge in [-0.05, 0) is 23.8 Å². The Labute approximate surface area is 158 Å². The molecule has 10 heteroatoms. The molecule has 3 rings (SSSR count). The molecule has 0 saturated heterocycles. The molecule has 0 saturated carbocycles. The zero-order valence-electron chi connectivity index (χ0n) is 14.8. The summed E-state index contributed by atoms with van der Waals surface area (Å²) in [6, 6.07) is 5.09. The van der Waals surface area contributed by atoms with Crippen LogP contribution < -0.4 is 5.32 Å². The molecule has 0 fully saturated rings. The lowest BCUT2D eigenvalue weighted by molar-refractivity contribution is -0.137. The van der Waals surface area contributed by atoms with E-state index in [0.29, 0.717) is 5.56 Å². The van der Waals surface area contributed by atoms with Crippen molar-refractivity contribution in [2.45, 2.75) is 25.4 Å². The Morgan fingerprint density at radius 2 is 2.00 bits per heavy atom. The van der Waals surface area contributed by atoms with E-state index >= 15 is 0 Å². The van der Waals surface area contributed by atoms with Crippen molar-refractivity contribution in [3.63, 3.8) is 0 Å². The molecule has 0 unspecified atom stereocenters. The number of hydrazone groups is 1. The average Bonchev–Trinajstić information content (AvgIpc) is 2.65. The van der Waals surface area contributed by atoms with Crippen molar-refractivity contribution in [2.24, 2.45) is 5.10 Å². The Balaban J connectivity index is 1.65. The third-order valence-electron chi connectivity index (χ3n) is 4.06. The molecule has 2 aromatic heterocycles. The largest absolute Gasteiger partial charge is 0.416 e. The number of hydrogen-bond donors (Lipinski definition) is 1. The number of nitrogens with one attached hydrogen (secondary N) is 1. The summed E-state index contributed by atoms with van der Waals surface area (Å²) in [5.41, 5.74) is 0.370. The number of halogens is 3. The lowest BCUT2D eigenvalue weighted by Gasteiger charge is -2.18. The van der Waals surface area contributed by atoms with Gasteiger partial charge in [0.2, 0.25) is 5.91 Å². The highest BCUT2D eigenvalue weighted by molar-refractivity contribution is 6.43. The van der Waals surface area contributed by atoms with Crippen LogP contribution in [-0.2, 0) is 22.2 Å². The van der Waals surface area contributed by atoms with E-state index in [-0.39, 0.29) is 42.4 Å². The van der Waals surface area contributed by atoms with Gasteiger partial charge in [-0.3, -0.25) is 14.6 Å². The Hall–Kier alpha value is -3.30. The Morgan fingerprint density at radius 3 is 2.64 bits per heavy atom. The molecule has 146 valence electrons. The van der Waals surface area contributed by atoms with Crippen molar-refractivity contribution < 1.29 is 22.8 Å². The maximum absolute atomic E-state index is 12.8. The minimum atomic E-state index is -4.43. The van der Waals surface area contributed by atoms with Gasteiger partial charge in [0.25, 0.3) is 5.91 Å². The first kappa shape index (κ1) is 19.5. The van der Waals surface area contributed by atoms with Crippen LogP contribution in [0.15, 0.2) is 41.8 Å². The highest BCUT2D eigenvalue weighted by Crippen LogP contribution is 2.29. The molecule has 1 aliphatic rings. The first-order valence-corrected chi connectivity index (χ1v) is 8.35. The molecule has 0 spiro atoms. The van der Waals surface area contributed by atoms with E-state index in [2.05, 4.69) is 20.4 Å².